The molecule has 20 heavy (non-hydrogen) atoms. The van der Waals surface area contributed by atoms with E-state index in [9.17, 15) is 19.7 Å². The van der Waals surface area contributed by atoms with Gasteiger partial charge < -0.3 is 14.7 Å². The average molecular weight is 287 g/mol. The van der Waals surface area contributed by atoms with Crippen LogP contribution in [0, 0.1) is 17.0 Å². The molecule has 1 saturated heterocycles. The Morgan fingerprint density at radius 3 is 2.95 bits per heavy atom. The number of nitrogens with zero attached hydrogens (tertiary/aromatic N) is 2. The lowest BCUT2D eigenvalue weighted by Gasteiger charge is -2.14. The molecule has 1 aromatic rings. The van der Waals surface area contributed by atoms with Gasteiger partial charge in [-0.15, -0.1) is 10.1 Å². The fourth-order valence-electron chi connectivity index (χ4n) is 2.06. The minimum absolute atomic E-state index is 0.0115. The molecule has 0 aliphatic carbocycles. The van der Waals surface area contributed by atoms with Crippen LogP contribution in [0.2, 0.25) is 0 Å². The molecule has 2 heterocycles. The van der Waals surface area contributed by atoms with Gasteiger partial charge in [-0.2, -0.15) is 0 Å². The zero-order valence-electron chi connectivity index (χ0n) is 10.5. The average Bonchev–Trinajstić information content (AvgIpc) is 2.75. The Balaban J connectivity index is 2.27. The van der Waals surface area contributed by atoms with Crippen molar-refractivity contribution in [2.45, 2.75) is 31.8 Å². The lowest BCUT2D eigenvalue weighted by Crippen LogP contribution is -2.33. The second-order valence-electron chi connectivity index (χ2n) is 4.39. The first-order chi connectivity index (χ1) is 9.42. The van der Waals surface area contributed by atoms with Crippen molar-refractivity contribution in [2.75, 3.05) is 6.61 Å². The number of aromatic nitrogens is 2. The number of H-pyrrole nitrogens is 1. The third kappa shape index (κ3) is 2.70. The van der Waals surface area contributed by atoms with Gasteiger partial charge in [0.25, 0.3) is 10.6 Å². The summed E-state index contributed by atoms with van der Waals surface area (Å²) in [6.07, 6.45) is -1.42. The standard InChI is InChI=1S/C10H13N3O7/c1-5-3-12(10(16)11-9(5)15)8-2-6(20-13(17)18)7(4-14)19-8/h3,6-8,14H,2,4H2,1H3,(H,11,15,16)/t6?,7-,8-/m1/s1. The Kier molecular flexibility index (Phi) is 3.86. The van der Waals surface area contributed by atoms with Crippen molar-refractivity contribution < 1.29 is 19.8 Å². The number of aliphatic hydroxyl groups is 1. The minimum Gasteiger partial charge on any atom is -0.394 e. The second kappa shape index (κ2) is 5.43. The van der Waals surface area contributed by atoms with E-state index in [2.05, 4.69) is 9.82 Å². The van der Waals surface area contributed by atoms with Gasteiger partial charge in [-0.25, -0.2) is 4.79 Å². The predicted octanol–water partition coefficient (Wildman–Crippen LogP) is -1.30. The molecule has 0 saturated carbocycles. The summed E-state index contributed by atoms with van der Waals surface area (Å²) in [7, 11) is 0. The Labute approximate surface area is 111 Å². The molecule has 10 heteroatoms. The van der Waals surface area contributed by atoms with Crippen LogP contribution < -0.4 is 11.2 Å². The lowest BCUT2D eigenvalue weighted by atomic mass is 10.2. The highest BCUT2D eigenvalue weighted by molar-refractivity contribution is 5.02. The van der Waals surface area contributed by atoms with Crippen LogP contribution in [0.25, 0.3) is 0 Å². The van der Waals surface area contributed by atoms with E-state index in [1.807, 2.05) is 0 Å². The van der Waals surface area contributed by atoms with Crippen LogP contribution in [0.3, 0.4) is 0 Å². The molecule has 1 unspecified atom stereocenters. The molecule has 0 radical (unpaired) electrons. The summed E-state index contributed by atoms with van der Waals surface area (Å²) in [6.45, 7) is 1.03. The van der Waals surface area contributed by atoms with Crippen LogP contribution in [0.1, 0.15) is 18.2 Å². The minimum atomic E-state index is -0.973. The Morgan fingerprint density at radius 2 is 2.35 bits per heavy atom. The summed E-state index contributed by atoms with van der Waals surface area (Å²) < 4.78 is 6.46. The quantitative estimate of drug-likeness (QED) is 0.518. The molecule has 0 amide bonds. The van der Waals surface area contributed by atoms with Crippen LogP contribution in [0.5, 0.6) is 0 Å². The van der Waals surface area contributed by atoms with Crippen molar-refractivity contribution in [3.63, 3.8) is 0 Å². The summed E-state index contributed by atoms with van der Waals surface area (Å²) in [5.74, 6) is 0. The third-order valence-corrected chi connectivity index (χ3v) is 3.04. The van der Waals surface area contributed by atoms with Crippen molar-refractivity contribution in [3.05, 3.63) is 42.7 Å². The van der Waals surface area contributed by atoms with E-state index in [1.165, 1.54) is 13.1 Å². The van der Waals surface area contributed by atoms with Crippen molar-refractivity contribution in [1.29, 1.82) is 0 Å². The fraction of sp³-hybridized carbons (Fsp3) is 0.600. The van der Waals surface area contributed by atoms with E-state index in [0.29, 0.717) is 5.56 Å². The zero-order chi connectivity index (χ0) is 14.9. The summed E-state index contributed by atoms with van der Waals surface area (Å²) in [5.41, 5.74) is -0.905. The summed E-state index contributed by atoms with van der Waals surface area (Å²) in [6, 6.07) is 0. The highest BCUT2D eigenvalue weighted by Crippen LogP contribution is 2.29. The SMILES string of the molecule is Cc1cn([C@H]2CC(O[N+](=O)[O-])[C@@H](CO)O2)c(=O)[nH]c1=O. The highest BCUT2D eigenvalue weighted by atomic mass is 17.0. The van der Waals surface area contributed by atoms with Crippen LogP contribution in [-0.4, -0.2) is 38.6 Å². The predicted molar refractivity (Wildman–Crippen MR) is 63.5 cm³/mol. The fourth-order valence-corrected chi connectivity index (χ4v) is 2.06. The number of aromatic amines is 1. The number of ether oxygens (including phenoxy) is 1. The largest absolute Gasteiger partial charge is 0.394 e. The van der Waals surface area contributed by atoms with E-state index in [4.69, 9.17) is 9.84 Å². The number of nitrogens with one attached hydrogen (secondary N) is 1. The van der Waals surface area contributed by atoms with Crippen molar-refractivity contribution in [3.8, 4) is 0 Å². The first-order valence-electron chi connectivity index (χ1n) is 5.82. The molecule has 0 bridgehead atoms. The molecule has 2 rings (SSSR count). The van der Waals surface area contributed by atoms with Gasteiger partial charge in [0.2, 0.25) is 0 Å². The maximum atomic E-state index is 11.7. The molecular formula is C10H13N3O7. The second-order valence-corrected chi connectivity index (χ2v) is 4.39. The van der Waals surface area contributed by atoms with E-state index < -0.39 is 41.4 Å². The van der Waals surface area contributed by atoms with Crippen molar-refractivity contribution in [1.82, 2.24) is 9.55 Å². The molecule has 2 N–H and O–H groups in total. The van der Waals surface area contributed by atoms with E-state index in [1.54, 1.807) is 0 Å². The van der Waals surface area contributed by atoms with E-state index >= 15 is 0 Å². The summed E-state index contributed by atoms with van der Waals surface area (Å²) >= 11 is 0. The highest BCUT2D eigenvalue weighted by Gasteiger charge is 2.38. The Hall–Kier alpha value is -2.20. The van der Waals surface area contributed by atoms with E-state index in [0.717, 1.165) is 4.57 Å². The zero-order valence-corrected chi connectivity index (χ0v) is 10.5. The molecule has 3 atom stereocenters. The van der Waals surface area contributed by atoms with Gasteiger partial charge in [0, 0.05) is 18.2 Å². The smallest absolute Gasteiger partial charge is 0.330 e. The third-order valence-electron chi connectivity index (χ3n) is 3.04. The molecule has 110 valence electrons. The molecule has 10 nitrogen and oxygen atoms in total. The number of hydrogen-bond acceptors (Lipinski definition) is 7. The van der Waals surface area contributed by atoms with Crippen LogP contribution in [0.15, 0.2) is 15.8 Å². The van der Waals surface area contributed by atoms with Crippen molar-refractivity contribution >= 4 is 0 Å². The number of rotatable bonds is 4. The number of hydrogen-bond donors (Lipinski definition) is 2. The maximum Gasteiger partial charge on any atom is 0.330 e. The van der Waals surface area contributed by atoms with Gasteiger partial charge >= 0.3 is 5.69 Å². The Bertz CT molecular complexity index is 622. The lowest BCUT2D eigenvalue weighted by molar-refractivity contribution is -0.769. The topological polar surface area (TPSA) is 137 Å². The summed E-state index contributed by atoms with van der Waals surface area (Å²) in [4.78, 5) is 39.8. The first kappa shape index (κ1) is 14.2. The number of aryl methyl sites for hydroxylation is 1. The van der Waals surface area contributed by atoms with Crippen LogP contribution >= 0.6 is 0 Å². The van der Waals surface area contributed by atoms with Gasteiger partial charge in [0.1, 0.15) is 18.4 Å². The Morgan fingerprint density at radius 1 is 1.65 bits per heavy atom. The van der Waals surface area contributed by atoms with E-state index in [-0.39, 0.29) is 6.42 Å². The normalized spacial score (nSPS) is 25.6. The molecule has 0 aromatic carbocycles. The van der Waals surface area contributed by atoms with Gasteiger partial charge in [-0.05, 0) is 6.92 Å². The molecule has 1 fully saturated rings. The van der Waals surface area contributed by atoms with Crippen LogP contribution in [0.4, 0.5) is 0 Å². The summed E-state index contributed by atoms with van der Waals surface area (Å²) in [5, 5.41) is 18.5. The molecule has 1 aliphatic rings. The van der Waals surface area contributed by atoms with Gasteiger partial charge in [-0.3, -0.25) is 14.3 Å². The molecule has 1 aromatic heterocycles. The first-order valence-corrected chi connectivity index (χ1v) is 5.82. The van der Waals surface area contributed by atoms with Crippen LogP contribution in [-0.2, 0) is 9.57 Å². The van der Waals surface area contributed by atoms with Gasteiger partial charge in [-0.1, -0.05) is 0 Å². The molecular weight excluding hydrogens is 274 g/mol. The maximum absolute atomic E-state index is 11.7. The number of aliphatic hydroxyl groups excluding tert-OH is 1. The van der Waals surface area contributed by atoms with Gasteiger partial charge in [0.05, 0.1) is 6.61 Å². The molecule has 0 spiro atoms. The van der Waals surface area contributed by atoms with Gasteiger partial charge in [0.15, 0.2) is 0 Å². The molecule has 1 aliphatic heterocycles. The van der Waals surface area contributed by atoms with Crippen molar-refractivity contribution in [2.24, 2.45) is 0 Å². The monoisotopic (exact) mass is 287 g/mol.